The number of aryl methyl sites for hydroxylation is 1. The summed E-state index contributed by atoms with van der Waals surface area (Å²) in [4.78, 5) is 2.02. The fourth-order valence-corrected chi connectivity index (χ4v) is 6.31. The Morgan fingerprint density at radius 3 is 2.36 bits per heavy atom. The van der Waals surface area contributed by atoms with Gasteiger partial charge in [0.2, 0.25) is 11.5 Å². The number of nitrogens with zero attached hydrogens (tertiary/aromatic N) is 2. The number of hydrogen-bond acceptors (Lipinski definition) is 8. The number of fused-ring (bicyclic) bond motifs is 4. The van der Waals surface area contributed by atoms with Crippen molar-refractivity contribution in [3.05, 3.63) is 96.2 Å². The van der Waals surface area contributed by atoms with Crippen molar-refractivity contribution in [3.63, 3.8) is 0 Å². The lowest BCUT2D eigenvalue weighted by atomic mass is 10.1. The molecule has 0 spiro atoms. The number of anilines is 1. The van der Waals surface area contributed by atoms with Crippen molar-refractivity contribution in [2.75, 3.05) is 23.8 Å². The van der Waals surface area contributed by atoms with Crippen molar-refractivity contribution in [1.29, 1.82) is 0 Å². The van der Waals surface area contributed by atoms with E-state index in [0.717, 1.165) is 38.3 Å². The zero-order valence-electron chi connectivity index (χ0n) is 24.5. The molecule has 1 unspecified atom stereocenters. The van der Waals surface area contributed by atoms with Gasteiger partial charge in [-0.25, -0.2) is 8.42 Å². The fourth-order valence-electron chi connectivity index (χ4n) is 5.56. The van der Waals surface area contributed by atoms with Gasteiger partial charge in [0.05, 0.1) is 28.5 Å². The number of aromatic nitrogens is 1. The maximum absolute atomic E-state index is 11.4. The van der Waals surface area contributed by atoms with Crippen LogP contribution in [0.25, 0.3) is 38.7 Å². The highest BCUT2D eigenvalue weighted by Gasteiger charge is 2.28. The second-order valence-electron chi connectivity index (χ2n) is 10.7. The van der Waals surface area contributed by atoms with Crippen LogP contribution in [0.2, 0.25) is 0 Å². The van der Waals surface area contributed by atoms with Crippen LogP contribution in [0.1, 0.15) is 32.1 Å². The number of ether oxygens (including phenoxy) is 1. The number of oxazole rings is 1. The molecule has 45 heavy (non-hydrogen) atoms. The Labute approximate surface area is 263 Å². The second-order valence-corrected chi connectivity index (χ2v) is 12.9. The number of allylic oxidation sites excluding steroid dienone is 2. The first-order chi connectivity index (χ1) is 21.7. The third-order valence-corrected chi connectivity index (χ3v) is 8.87. The highest BCUT2D eigenvalue weighted by molar-refractivity contribution is 7.85. The van der Waals surface area contributed by atoms with E-state index in [4.69, 9.17) is 17.9 Å². The van der Waals surface area contributed by atoms with Crippen LogP contribution < -0.4 is 14.2 Å². The van der Waals surface area contributed by atoms with E-state index < -0.39 is 27.2 Å². The Morgan fingerprint density at radius 1 is 1.02 bits per heavy atom. The van der Waals surface area contributed by atoms with Crippen LogP contribution in [0.4, 0.5) is 5.69 Å². The molecule has 0 fully saturated rings. The first kappa shape index (κ1) is 30.9. The van der Waals surface area contributed by atoms with Gasteiger partial charge in [-0.3, -0.25) is 8.74 Å². The summed E-state index contributed by atoms with van der Waals surface area (Å²) >= 11 is -2.34. The molecule has 1 aromatic heterocycles. The number of rotatable bonds is 12. The van der Waals surface area contributed by atoms with Crippen molar-refractivity contribution >= 4 is 65.9 Å². The van der Waals surface area contributed by atoms with Gasteiger partial charge in [-0.05, 0) is 58.2 Å². The van der Waals surface area contributed by atoms with E-state index in [-0.39, 0.29) is 19.6 Å². The smallest absolute Gasteiger partial charge is 0.374 e. The van der Waals surface area contributed by atoms with Gasteiger partial charge in [0, 0.05) is 30.9 Å². The third kappa shape index (κ3) is 7.10. The average molecular weight is 649 g/mol. The molecule has 0 bridgehead atoms. The lowest BCUT2D eigenvalue weighted by molar-refractivity contribution is -0.677. The highest BCUT2D eigenvalue weighted by atomic mass is 32.2. The Kier molecular flexibility index (Phi) is 9.02. The molecular formula is C33H32N2O8S2. The molecule has 12 heteroatoms. The van der Waals surface area contributed by atoms with Crippen LogP contribution in [0.3, 0.4) is 0 Å². The topological polar surface area (TPSA) is 133 Å². The van der Waals surface area contributed by atoms with Crippen molar-refractivity contribution in [1.82, 2.24) is 0 Å². The lowest BCUT2D eigenvalue weighted by Gasteiger charge is -2.18. The van der Waals surface area contributed by atoms with Gasteiger partial charge in [-0.2, -0.15) is 8.78 Å². The van der Waals surface area contributed by atoms with Crippen LogP contribution in [0.15, 0.2) is 94.7 Å². The molecule has 0 amide bonds. The van der Waals surface area contributed by atoms with Gasteiger partial charge >= 0.3 is 17.3 Å². The van der Waals surface area contributed by atoms with Crippen LogP contribution in [-0.2, 0) is 32.2 Å². The zero-order chi connectivity index (χ0) is 31.6. The molecule has 0 radical (unpaired) electrons. The molecular weight excluding hydrogens is 617 g/mol. The van der Waals surface area contributed by atoms with Crippen molar-refractivity contribution < 1.29 is 39.6 Å². The van der Waals surface area contributed by atoms with Crippen LogP contribution in [0.5, 0.6) is 5.75 Å². The summed E-state index contributed by atoms with van der Waals surface area (Å²) in [5.74, 6) is 1.33. The molecule has 0 saturated heterocycles. The van der Waals surface area contributed by atoms with E-state index >= 15 is 0 Å². The zero-order valence-corrected chi connectivity index (χ0v) is 26.2. The fraction of sp³-hybridized carbons (Fsp3) is 0.242. The minimum absolute atomic E-state index is 0.0959. The predicted molar refractivity (Wildman–Crippen MR) is 173 cm³/mol. The van der Waals surface area contributed by atoms with E-state index in [1.54, 1.807) is 0 Å². The van der Waals surface area contributed by atoms with Crippen molar-refractivity contribution in [3.8, 4) is 5.75 Å². The SMILES string of the molecule is CCC(=Cc1oc2cc3ccccc3cc2[n+]1CCCS(=O)(=O)[O-])C=C1Oc2cc3ccccc3cc2N1CCCOS(=O)O. The molecule has 1 N–H and O–H groups in total. The van der Waals surface area contributed by atoms with E-state index in [9.17, 15) is 17.2 Å². The Morgan fingerprint density at radius 2 is 1.69 bits per heavy atom. The maximum Gasteiger partial charge on any atom is 0.374 e. The summed E-state index contributed by atoms with van der Waals surface area (Å²) in [6.07, 6.45) is 5.08. The Bertz CT molecular complexity index is 2090. The van der Waals surface area contributed by atoms with Crippen LogP contribution >= 0.6 is 0 Å². The normalized spacial score (nSPS) is 15.3. The molecule has 1 aliphatic heterocycles. The quantitative estimate of drug-likeness (QED) is 0.0744. The molecule has 10 nitrogen and oxygen atoms in total. The van der Waals surface area contributed by atoms with Gasteiger partial charge in [0.1, 0.15) is 0 Å². The summed E-state index contributed by atoms with van der Waals surface area (Å²) < 4.78 is 73.6. The summed E-state index contributed by atoms with van der Waals surface area (Å²) in [5, 5.41) is 4.12. The van der Waals surface area contributed by atoms with Crippen LogP contribution in [-0.4, -0.2) is 40.6 Å². The van der Waals surface area contributed by atoms with Crippen molar-refractivity contribution in [2.45, 2.75) is 32.7 Å². The molecule has 1 aliphatic rings. The molecule has 2 heterocycles. The standard InChI is InChI=1S/C33H32N2O8S2/c1-2-23(17-32-34(13-7-15-41-44(36)37)28-19-24-9-3-5-11-26(24)21-30(28)42-32)18-33-35(14-8-16-45(38,39)40)29-20-25-10-4-6-12-27(25)22-31(29)43-33/h3-6,9-12,17-22H,2,7-8,13-16H2,1H3,(H-,36,37,38,39,40). The first-order valence-corrected chi connectivity index (χ1v) is 17.2. The highest BCUT2D eigenvalue weighted by Crippen LogP contribution is 2.42. The minimum Gasteiger partial charge on any atom is -0.748 e. The molecule has 6 rings (SSSR count). The Hall–Kier alpha value is -4.07. The Balaban J connectivity index is 1.39. The molecule has 0 aliphatic carbocycles. The van der Waals surface area contributed by atoms with Gasteiger partial charge in [0.25, 0.3) is 5.52 Å². The maximum atomic E-state index is 11.4. The molecule has 0 saturated carbocycles. The molecule has 5 aromatic rings. The second kappa shape index (κ2) is 13.1. The minimum atomic E-state index is -4.36. The van der Waals surface area contributed by atoms with Crippen LogP contribution in [0, 0.1) is 0 Å². The average Bonchev–Trinajstić information content (AvgIpc) is 3.51. The van der Waals surface area contributed by atoms with E-state index in [1.165, 1.54) is 0 Å². The molecule has 1 atom stereocenters. The lowest BCUT2D eigenvalue weighted by Crippen LogP contribution is -2.36. The van der Waals surface area contributed by atoms with E-state index in [1.807, 2.05) is 95.3 Å². The van der Waals surface area contributed by atoms with Gasteiger partial charge in [-0.1, -0.05) is 55.5 Å². The molecule has 234 valence electrons. The first-order valence-electron chi connectivity index (χ1n) is 14.6. The van der Waals surface area contributed by atoms with Gasteiger partial charge in [0.15, 0.2) is 12.3 Å². The summed E-state index contributed by atoms with van der Waals surface area (Å²) in [6.45, 7) is 2.86. The van der Waals surface area contributed by atoms with Gasteiger partial charge in [-0.15, -0.1) is 0 Å². The van der Waals surface area contributed by atoms with E-state index in [2.05, 4.69) is 6.07 Å². The van der Waals surface area contributed by atoms with Crippen molar-refractivity contribution in [2.24, 2.45) is 0 Å². The summed E-state index contributed by atoms with van der Waals surface area (Å²) in [5.41, 5.74) is 3.20. The van der Waals surface area contributed by atoms with Gasteiger partial charge < -0.3 is 18.6 Å². The number of benzene rings is 4. The number of hydrogen-bond donors (Lipinski definition) is 1. The van der Waals surface area contributed by atoms with E-state index in [0.29, 0.717) is 42.5 Å². The molecule has 4 aromatic carbocycles. The largest absolute Gasteiger partial charge is 0.748 e. The predicted octanol–water partition coefficient (Wildman–Crippen LogP) is 6.04. The summed E-state index contributed by atoms with van der Waals surface area (Å²) in [7, 11) is -4.36. The summed E-state index contributed by atoms with van der Waals surface area (Å²) in [6, 6.07) is 23.9. The third-order valence-electron chi connectivity index (χ3n) is 7.71. The monoisotopic (exact) mass is 648 g/mol.